The number of halogens is 1. The molecule has 0 atom stereocenters. The van der Waals surface area contributed by atoms with Gasteiger partial charge in [0.1, 0.15) is 0 Å². The summed E-state index contributed by atoms with van der Waals surface area (Å²) in [5, 5.41) is 6.82. The van der Waals surface area contributed by atoms with E-state index < -0.39 is 0 Å². The van der Waals surface area contributed by atoms with Gasteiger partial charge in [-0.3, -0.25) is 9.89 Å². The average molecular weight is 553 g/mol. The van der Waals surface area contributed by atoms with Gasteiger partial charge in [0.25, 0.3) is 0 Å². The molecule has 176 valence electrons. The number of hydrogen-bond donors (Lipinski definition) is 2. The quantitative estimate of drug-likeness (QED) is 0.194. The van der Waals surface area contributed by atoms with E-state index in [1.165, 1.54) is 16.7 Å². The number of nitrogens with one attached hydrogen (secondary N) is 2. The molecule has 1 aliphatic rings. The molecule has 3 rings (SSSR count). The second-order valence-electron chi connectivity index (χ2n) is 7.71. The van der Waals surface area contributed by atoms with Crippen molar-refractivity contribution >= 4 is 29.9 Å². The van der Waals surface area contributed by atoms with Gasteiger partial charge in [-0.05, 0) is 29.5 Å². The Balaban J connectivity index is 0.00000363. The van der Waals surface area contributed by atoms with E-state index in [4.69, 9.17) is 9.47 Å². The number of hydrogen-bond acceptors (Lipinski definition) is 4. The smallest absolute Gasteiger partial charge is 0.191 e. The minimum Gasteiger partial charge on any atom is -0.381 e. The first-order valence-corrected chi connectivity index (χ1v) is 11.3. The number of rotatable bonds is 11. The molecule has 32 heavy (non-hydrogen) atoms. The fourth-order valence-electron chi connectivity index (χ4n) is 3.60. The Bertz CT molecular complexity index is 783. The average Bonchev–Trinajstić information content (AvgIpc) is 2.82. The van der Waals surface area contributed by atoms with E-state index in [9.17, 15) is 0 Å². The van der Waals surface area contributed by atoms with Crippen LogP contribution in [0.5, 0.6) is 0 Å². The van der Waals surface area contributed by atoms with Gasteiger partial charge >= 0.3 is 0 Å². The highest BCUT2D eigenvalue weighted by Gasteiger charge is 2.12. The lowest BCUT2D eigenvalue weighted by Gasteiger charge is -2.27. The number of guanidine groups is 1. The second-order valence-corrected chi connectivity index (χ2v) is 7.71. The predicted molar refractivity (Wildman–Crippen MR) is 142 cm³/mol. The summed E-state index contributed by atoms with van der Waals surface area (Å²) in [4.78, 5) is 6.80. The van der Waals surface area contributed by atoms with Crippen molar-refractivity contribution in [3.63, 3.8) is 0 Å². The second kappa shape index (κ2) is 16.0. The Morgan fingerprint density at radius 1 is 0.969 bits per heavy atom. The van der Waals surface area contributed by atoms with Gasteiger partial charge in [-0.15, -0.1) is 24.0 Å². The van der Waals surface area contributed by atoms with E-state index in [1.807, 2.05) is 13.1 Å². The highest BCUT2D eigenvalue weighted by Crippen LogP contribution is 2.13. The van der Waals surface area contributed by atoms with Crippen LogP contribution in [0.2, 0.25) is 0 Å². The summed E-state index contributed by atoms with van der Waals surface area (Å²) < 4.78 is 11.2. The first-order valence-electron chi connectivity index (χ1n) is 11.3. The third kappa shape index (κ3) is 9.85. The highest BCUT2D eigenvalue weighted by atomic mass is 127. The molecule has 6 nitrogen and oxygen atoms in total. The van der Waals surface area contributed by atoms with Gasteiger partial charge in [0.15, 0.2) is 5.96 Å². The molecular formula is C25H37IN4O2. The van der Waals surface area contributed by atoms with E-state index in [0.717, 1.165) is 78.0 Å². The first-order chi connectivity index (χ1) is 15.3. The minimum atomic E-state index is 0. The van der Waals surface area contributed by atoms with Crippen LogP contribution in [0, 0.1) is 0 Å². The van der Waals surface area contributed by atoms with Crippen molar-refractivity contribution in [2.75, 3.05) is 53.1 Å². The number of nitrogens with zero attached hydrogens (tertiary/aromatic N) is 2. The Hall–Kier alpha value is -1.68. The van der Waals surface area contributed by atoms with Crippen molar-refractivity contribution in [3.05, 3.63) is 71.3 Å². The molecule has 0 saturated carbocycles. The van der Waals surface area contributed by atoms with Gasteiger partial charge in [0, 0.05) is 46.4 Å². The van der Waals surface area contributed by atoms with Crippen molar-refractivity contribution < 1.29 is 9.47 Å². The zero-order chi connectivity index (χ0) is 21.6. The van der Waals surface area contributed by atoms with E-state index >= 15 is 0 Å². The van der Waals surface area contributed by atoms with Crippen LogP contribution in [0.3, 0.4) is 0 Å². The molecular weight excluding hydrogens is 515 g/mol. The van der Waals surface area contributed by atoms with Crippen molar-refractivity contribution in [2.24, 2.45) is 4.99 Å². The lowest BCUT2D eigenvalue weighted by Crippen LogP contribution is -2.38. The van der Waals surface area contributed by atoms with E-state index in [-0.39, 0.29) is 24.0 Å². The summed E-state index contributed by atoms with van der Waals surface area (Å²) >= 11 is 0. The SMILES string of the molecule is CN=C(NCCCOCCc1ccccc1)NCc1ccccc1CN1CCOCC1.I. The lowest BCUT2D eigenvalue weighted by molar-refractivity contribution is 0.0341. The van der Waals surface area contributed by atoms with Gasteiger partial charge in [-0.25, -0.2) is 0 Å². The van der Waals surface area contributed by atoms with Gasteiger partial charge in [-0.1, -0.05) is 54.6 Å². The van der Waals surface area contributed by atoms with Crippen LogP contribution in [0.25, 0.3) is 0 Å². The summed E-state index contributed by atoms with van der Waals surface area (Å²) in [6, 6.07) is 19.1. The number of ether oxygens (including phenoxy) is 2. The maximum Gasteiger partial charge on any atom is 0.191 e. The van der Waals surface area contributed by atoms with Crippen LogP contribution in [-0.4, -0.2) is 64.0 Å². The number of aliphatic imine (C=N–C) groups is 1. The molecule has 1 heterocycles. The standard InChI is InChI=1S/C25H36N4O2.HI/c1-26-25(27-13-7-16-30-17-12-22-8-3-2-4-9-22)28-20-23-10-5-6-11-24(23)21-29-14-18-31-19-15-29;/h2-6,8-11H,7,12-21H2,1H3,(H2,26,27,28);1H. The van der Waals surface area contributed by atoms with Crippen LogP contribution in [0.1, 0.15) is 23.1 Å². The molecule has 0 bridgehead atoms. The molecule has 0 amide bonds. The molecule has 1 saturated heterocycles. The molecule has 2 aromatic carbocycles. The van der Waals surface area contributed by atoms with Crippen LogP contribution in [0.15, 0.2) is 59.6 Å². The Morgan fingerprint density at radius 2 is 1.69 bits per heavy atom. The van der Waals surface area contributed by atoms with Crippen molar-refractivity contribution in [2.45, 2.75) is 25.9 Å². The fourth-order valence-corrected chi connectivity index (χ4v) is 3.60. The van der Waals surface area contributed by atoms with E-state index in [0.29, 0.717) is 0 Å². The summed E-state index contributed by atoms with van der Waals surface area (Å²) in [5.41, 5.74) is 3.99. The molecule has 1 aliphatic heterocycles. The molecule has 1 fully saturated rings. The van der Waals surface area contributed by atoms with Crippen molar-refractivity contribution in [1.29, 1.82) is 0 Å². The van der Waals surface area contributed by atoms with Crippen LogP contribution < -0.4 is 10.6 Å². The number of benzene rings is 2. The molecule has 0 radical (unpaired) electrons. The molecule has 0 aliphatic carbocycles. The van der Waals surface area contributed by atoms with Crippen molar-refractivity contribution in [3.8, 4) is 0 Å². The topological polar surface area (TPSA) is 58.1 Å². The molecule has 0 aromatic heterocycles. The summed E-state index contributed by atoms with van der Waals surface area (Å²) in [6.45, 7) is 7.72. The zero-order valence-corrected chi connectivity index (χ0v) is 21.4. The van der Waals surface area contributed by atoms with Crippen molar-refractivity contribution in [1.82, 2.24) is 15.5 Å². The van der Waals surface area contributed by atoms with Crippen LogP contribution in [-0.2, 0) is 29.0 Å². The van der Waals surface area contributed by atoms with Gasteiger partial charge in [0.05, 0.1) is 19.8 Å². The Labute approximate surface area is 209 Å². The third-order valence-electron chi connectivity index (χ3n) is 5.42. The maximum absolute atomic E-state index is 5.76. The first kappa shape index (κ1) is 26.6. The summed E-state index contributed by atoms with van der Waals surface area (Å²) in [5.74, 6) is 0.825. The van der Waals surface area contributed by atoms with Crippen LogP contribution >= 0.6 is 24.0 Å². The maximum atomic E-state index is 5.76. The van der Waals surface area contributed by atoms with Gasteiger partial charge in [-0.2, -0.15) is 0 Å². The molecule has 2 N–H and O–H groups in total. The molecule has 2 aromatic rings. The predicted octanol–water partition coefficient (Wildman–Crippen LogP) is 3.45. The third-order valence-corrected chi connectivity index (χ3v) is 5.42. The van der Waals surface area contributed by atoms with E-state index in [1.54, 1.807) is 0 Å². The fraction of sp³-hybridized carbons (Fsp3) is 0.480. The molecule has 0 spiro atoms. The summed E-state index contributed by atoms with van der Waals surface area (Å²) in [7, 11) is 1.81. The molecule has 7 heteroatoms. The normalized spacial score (nSPS) is 14.6. The van der Waals surface area contributed by atoms with Crippen LogP contribution in [0.4, 0.5) is 0 Å². The van der Waals surface area contributed by atoms with Gasteiger partial charge in [0.2, 0.25) is 0 Å². The molecule has 0 unspecified atom stereocenters. The largest absolute Gasteiger partial charge is 0.381 e. The van der Waals surface area contributed by atoms with E-state index in [2.05, 4.69) is 69.1 Å². The van der Waals surface area contributed by atoms with Gasteiger partial charge < -0.3 is 20.1 Å². The Kier molecular flexibility index (Phi) is 13.3. The minimum absolute atomic E-state index is 0. The highest BCUT2D eigenvalue weighted by molar-refractivity contribution is 14.0. The number of morpholine rings is 1. The lowest BCUT2D eigenvalue weighted by atomic mass is 10.1. The monoisotopic (exact) mass is 552 g/mol. The Morgan fingerprint density at radius 3 is 2.44 bits per heavy atom. The zero-order valence-electron chi connectivity index (χ0n) is 19.1. The summed E-state index contributed by atoms with van der Waals surface area (Å²) in [6.07, 6.45) is 1.91.